The first kappa shape index (κ1) is 18.8. The molecule has 0 aliphatic carbocycles. The lowest BCUT2D eigenvalue weighted by atomic mass is 10.0. The van der Waals surface area contributed by atoms with Crippen molar-refractivity contribution in [1.82, 2.24) is 15.0 Å². The van der Waals surface area contributed by atoms with Crippen molar-refractivity contribution in [3.8, 4) is 11.3 Å². The molecule has 2 aromatic carbocycles. The van der Waals surface area contributed by atoms with E-state index in [4.69, 9.17) is 23.1 Å². The fraction of sp³-hybridized carbons (Fsp3) is 0.0476. The van der Waals surface area contributed by atoms with Gasteiger partial charge in [0.1, 0.15) is 0 Å². The molecule has 0 radical (unpaired) electrons. The first-order valence-corrected chi connectivity index (χ1v) is 9.20. The number of aromatic nitrogens is 3. The Labute approximate surface area is 171 Å². The summed E-state index contributed by atoms with van der Waals surface area (Å²) in [5.74, 6) is -0.126. The minimum absolute atomic E-state index is 0.152. The molecule has 4 rings (SSSR count). The molecule has 1 amide bonds. The highest BCUT2D eigenvalue weighted by Crippen LogP contribution is 2.31. The Morgan fingerprint density at radius 3 is 2.72 bits per heavy atom. The number of benzene rings is 2. The van der Waals surface area contributed by atoms with Crippen molar-refractivity contribution in [3.63, 3.8) is 0 Å². The number of hydrogen-bond donors (Lipinski definition) is 3. The molecule has 0 aliphatic rings. The maximum absolute atomic E-state index is 12.6. The summed E-state index contributed by atoms with van der Waals surface area (Å²) in [5, 5.41) is 4.23. The maximum atomic E-state index is 12.6. The lowest BCUT2D eigenvalue weighted by molar-refractivity contribution is 0.102. The smallest absolute Gasteiger partial charge is 0.257 e. The zero-order valence-corrected chi connectivity index (χ0v) is 16.0. The van der Waals surface area contributed by atoms with Gasteiger partial charge in [0, 0.05) is 40.6 Å². The molecule has 5 N–H and O–H groups in total. The lowest BCUT2D eigenvalue weighted by Crippen LogP contribution is -2.14. The second-order valence-electron chi connectivity index (χ2n) is 6.36. The average molecular weight is 405 g/mol. The van der Waals surface area contributed by atoms with E-state index in [2.05, 4.69) is 20.3 Å². The third kappa shape index (κ3) is 3.87. The number of nitrogens with one attached hydrogen (secondary N) is 1. The Bertz CT molecular complexity index is 1210. The van der Waals surface area contributed by atoms with E-state index in [1.165, 1.54) is 6.20 Å². The number of carbonyl (C=O) groups excluding carboxylic acids is 1. The first-order chi connectivity index (χ1) is 14.0. The van der Waals surface area contributed by atoms with E-state index >= 15 is 0 Å². The van der Waals surface area contributed by atoms with Gasteiger partial charge in [-0.2, -0.15) is 0 Å². The van der Waals surface area contributed by atoms with Crippen LogP contribution >= 0.6 is 11.6 Å². The standard InChI is InChI=1S/C21H17ClN6O/c22-15-5-6-17-16(9-15)19(28-21(24)27-17)12-3-4-13(10-23)18(8-12)26-20(29)14-2-1-7-25-11-14/h1-9,11H,10,23H2,(H,26,29)(H2,24,27,28). The Kier molecular flexibility index (Phi) is 5.07. The van der Waals surface area contributed by atoms with E-state index in [-0.39, 0.29) is 18.4 Å². The van der Waals surface area contributed by atoms with Gasteiger partial charge in [0.2, 0.25) is 5.95 Å². The summed E-state index contributed by atoms with van der Waals surface area (Å²) in [6.07, 6.45) is 3.11. The minimum atomic E-state index is -0.278. The number of carbonyl (C=O) groups is 1. The number of rotatable bonds is 4. The van der Waals surface area contributed by atoms with Crippen molar-refractivity contribution in [2.75, 3.05) is 11.1 Å². The maximum Gasteiger partial charge on any atom is 0.257 e. The molecule has 0 unspecified atom stereocenters. The predicted molar refractivity (Wildman–Crippen MR) is 114 cm³/mol. The van der Waals surface area contributed by atoms with Gasteiger partial charge in [-0.25, -0.2) is 9.97 Å². The van der Waals surface area contributed by atoms with E-state index in [1.807, 2.05) is 18.2 Å². The molecule has 144 valence electrons. The number of anilines is 2. The van der Waals surface area contributed by atoms with Crippen LogP contribution in [0.3, 0.4) is 0 Å². The number of pyridine rings is 1. The Hall–Kier alpha value is -3.55. The van der Waals surface area contributed by atoms with Crippen LogP contribution in [0.15, 0.2) is 60.9 Å². The van der Waals surface area contributed by atoms with Crippen LogP contribution in [0.4, 0.5) is 11.6 Å². The number of fused-ring (bicyclic) bond motifs is 1. The molecule has 0 spiro atoms. The third-order valence-corrected chi connectivity index (χ3v) is 4.69. The molecule has 0 saturated heterocycles. The van der Waals surface area contributed by atoms with Gasteiger partial charge >= 0.3 is 0 Å². The van der Waals surface area contributed by atoms with Crippen LogP contribution in [-0.2, 0) is 6.54 Å². The molecule has 8 heteroatoms. The summed E-state index contributed by atoms with van der Waals surface area (Å²) in [4.78, 5) is 25.2. The molecule has 0 fully saturated rings. The highest BCUT2D eigenvalue weighted by atomic mass is 35.5. The van der Waals surface area contributed by atoms with Crippen molar-refractivity contribution in [3.05, 3.63) is 77.1 Å². The van der Waals surface area contributed by atoms with Crippen molar-refractivity contribution in [2.45, 2.75) is 6.54 Å². The monoisotopic (exact) mass is 404 g/mol. The molecule has 2 aromatic heterocycles. The first-order valence-electron chi connectivity index (χ1n) is 8.82. The number of nitrogen functional groups attached to an aromatic ring is 1. The highest BCUT2D eigenvalue weighted by Gasteiger charge is 2.14. The van der Waals surface area contributed by atoms with E-state index in [0.29, 0.717) is 27.5 Å². The van der Waals surface area contributed by atoms with Crippen molar-refractivity contribution >= 4 is 40.0 Å². The van der Waals surface area contributed by atoms with Crippen LogP contribution in [0.5, 0.6) is 0 Å². The van der Waals surface area contributed by atoms with Gasteiger partial charge in [-0.3, -0.25) is 9.78 Å². The normalized spacial score (nSPS) is 10.8. The van der Waals surface area contributed by atoms with Crippen molar-refractivity contribution in [1.29, 1.82) is 0 Å². The Morgan fingerprint density at radius 1 is 1.10 bits per heavy atom. The molecule has 2 heterocycles. The summed E-state index contributed by atoms with van der Waals surface area (Å²) in [7, 11) is 0. The fourth-order valence-corrected chi connectivity index (χ4v) is 3.22. The van der Waals surface area contributed by atoms with Gasteiger partial charge in [-0.15, -0.1) is 0 Å². The van der Waals surface area contributed by atoms with Gasteiger partial charge in [0.15, 0.2) is 0 Å². The quantitative estimate of drug-likeness (QED) is 0.477. The SMILES string of the molecule is NCc1ccc(-c2nc(N)nc3ccc(Cl)cc23)cc1NC(=O)c1cccnc1. The molecular weight excluding hydrogens is 388 g/mol. The average Bonchev–Trinajstić information content (AvgIpc) is 2.74. The fourth-order valence-electron chi connectivity index (χ4n) is 3.05. The third-order valence-electron chi connectivity index (χ3n) is 4.45. The van der Waals surface area contributed by atoms with Crippen LogP contribution in [0, 0.1) is 0 Å². The lowest BCUT2D eigenvalue weighted by Gasteiger charge is -2.13. The van der Waals surface area contributed by atoms with Gasteiger partial charge in [-0.1, -0.05) is 23.7 Å². The Balaban J connectivity index is 1.81. The highest BCUT2D eigenvalue weighted by molar-refractivity contribution is 6.31. The summed E-state index contributed by atoms with van der Waals surface area (Å²) >= 11 is 6.17. The van der Waals surface area contributed by atoms with Gasteiger partial charge in [-0.05, 0) is 42.0 Å². The molecule has 0 aliphatic heterocycles. The van der Waals surface area contributed by atoms with Crippen LogP contribution in [0.1, 0.15) is 15.9 Å². The van der Waals surface area contributed by atoms with Gasteiger partial charge < -0.3 is 16.8 Å². The van der Waals surface area contributed by atoms with Crippen LogP contribution in [-0.4, -0.2) is 20.9 Å². The number of hydrogen-bond acceptors (Lipinski definition) is 6. The zero-order valence-electron chi connectivity index (χ0n) is 15.3. The number of nitrogens with zero attached hydrogens (tertiary/aromatic N) is 3. The van der Waals surface area contributed by atoms with E-state index < -0.39 is 0 Å². The number of halogens is 1. The predicted octanol–water partition coefficient (Wildman–Crippen LogP) is 3.64. The molecule has 0 bridgehead atoms. The number of nitrogens with two attached hydrogens (primary N) is 2. The van der Waals surface area contributed by atoms with Crippen LogP contribution < -0.4 is 16.8 Å². The van der Waals surface area contributed by atoms with E-state index in [0.717, 1.165) is 16.5 Å². The van der Waals surface area contributed by atoms with Crippen molar-refractivity contribution < 1.29 is 4.79 Å². The topological polar surface area (TPSA) is 120 Å². The summed E-state index contributed by atoms with van der Waals surface area (Å²) < 4.78 is 0. The molecule has 7 nitrogen and oxygen atoms in total. The largest absolute Gasteiger partial charge is 0.368 e. The van der Waals surface area contributed by atoms with Crippen molar-refractivity contribution in [2.24, 2.45) is 5.73 Å². The second-order valence-corrected chi connectivity index (χ2v) is 6.80. The molecule has 4 aromatic rings. The summed E-state index contributed by atoms with van der Waals surface area (Å²) in [6.45, 7) is 0.265. The van der Waals surface area contributed by atoms with E-state index in [1.54, 1.807) is 36.5 Å². The minimum Gasteiger partial charge on any atom is -0.368 e. The molecular formula is C21H17ClN6O. The zero-order chi connectivity index (χ0) is 20.4. The van der Waals surface area contributed by atoms with Gasteiger partial charge in [0.25, 0.3) is 5.91 Å². The molecule has 29 heavy (non-hydrogen) atoms. The molecule has 0 atom stereocenters. The van der Waals surface area contributed by atoms with E-state index in [9.17, 15) is 4.79 Å². The van der Waals surface area contributed by atoms with Crippen LogP contribution in [0.2, 0.25) is 5.02 Å². The summed E-state index contributed by atoms with van der Waals surface area (Å²) in [5.41, 5.74) is 15.6. The van der Waals surface area contributed by atoms with Crippen LogP contribution in [0.25, 0.3) is 22.2 Å². The Morgan fingerprint density at radius 2 is 1.97 bits per heavy atom. The molecule has 0 saturated carbocycles. The summed E-state index contributed by atoms with van der Waals surface area (Å²) in [6, 6.07) is 14.3. The second kappa shape index (κ2) is 7.83. The number of amides is 1. The van der Waals surface area contributed by atoms with Gasteiger partial charge in [0.05, 0.1) is 16.8 Å².